The second-order valence-electron chi connectivity index (χ2n) is 6.12. The molecule has 1 heterocycles. The summed E-state index contributed by atoms with van der Waals surface area (Å²) in [5.74, 6) is -0.0625. The van der Waals surface area contributed by atoms with Crippen molar-refractivity contribution in [2.45, 2.75) is 6.18 Å². The zero-order chi connectivity index (χ0) is 20.1. The second-order valence-corrected chi connectivity index (χ2v) is 7.04. The Balaban J connectivity index is 1.75. The molecule has 0 radical (unpaired) electrons. The molecule has 0 bridgehead atoms. The standard InChI is InChI=1S/C19H18BrF3N2O3/c20-14-2-4-15(5-3-14)28-12-18(26)24-16-11-13(19(21,22)23)1-6-17(16)25-7-9-27-10-8-25/h1-6,11H,7-10,12H2,(H,24,26). The van der Waals surface area contributed by atoms with E-state index in [0.717, 1.165) is 16.6 Å². The summed E-state index contributed by atoms with van der Waals surface area (Å²) in [6.45, 7) is 1.69. The molecule has 1 saturated heterocycles. The summed E-state index contributed by atoms with van der Waals surface area (Å²) in [5.41, 5.74) is -0.205. The predicted octanol–water partition coefficient (Wildman–Crippen LogP) is 4.32. The van der Waals surface area contributed by atoms with Crippen molar-refractivity contribution < 1.29 is 27.4 Å². The smallest absolute Gasteiger partial charge is 0.416 e. The Hall–Kier alpha value is -2.26. The lowest BCUT2D eigenvalue weighted by Crippen LogP contribution is -2.37. The van der Waals surface area contributed by atoms with E-state index < -0.39 is 17.6 Å². The van der Waals surface area contributed by atoms with Gasteiger partial charge < -0.3 is 19.7 Å². The number of morpholine rings is 1. The quantitative estimate of drug-likeness (QED) is 0.724. The van der Waals surface area contributed by atoms with Crippen LogP contribution in [0.2, 0.25) is 0 Å². The number of carbonyl (C=O) groups excluding carboxylic acids is 1. The lowest BCUT2D eigenvalue weighted by Gasteiger charge is -2.31. The van der Waals surface area contributed by atoms with E-state index in [9.17, 15) is 18.0 Å². The van der Waals surface area contributed by atoms with Gasteiger partial charge in [0.1, 0.15) is 5.75 Å². The van der Waals surface area contributed by atoms with Crippen LogP contribution in [0.15, 0.2) is 46.9 Å². The largest absolute Gasteiger partial charge is 0.484 e. The van der Waals surface area contributed by atoms with Gasteiger partial charge in [0.05, 0.1) is 30.2 Å². The zero-order valence-electron chi connectivity index (χ0n) is 14.8. The lowest BCUT2D eigenvalue weighted by atomic mass is 10.1. The van der Waals surface area contributed by atoms with Crippen molar-refractivity contribution in [1.82, 2.24) is 0 Å². The SMILES string of the molecule is O=C(COc1ccc(Br)cc1)Nc1cc(C(F)(F)F)ccc1N1CCOCC1. The molecule has 0 aliphatic carbocycles. The fraction of sp³-hybridized carbons (Fsp3) is 0.316. The van der Waals surface area contributed by atoms with E-state index in [1.807, 2.05) is 4.90 Å². The predicted molar refractivity (Wildman–Crippen MR) is 103 cm³/mol. The van der Waals surface area contributed by atoms with Crippen LogP contribution >= 0.6 is 15.9 Å². The highest BCUT2D eigenvalue weighted by atomic mass is 79.9. The third-order valence-electron chi connectivity index (χ3n) is 4.13. The summed E-state index contributed by atoms with van der Waals surface area (Å²) < 4.78 is 50.9. The average molecular weight is 459 g/mol. The molecule has 1 aliphatic rings. The number of ether oxygens (including phenoxy) is 2. The number of amides is 1. The van der Waals surface area contributed by atoms with Gasteiger partial charge in [-0.25, -0.2) is 0 Å². The van der Waals surface area contributed by atoms with Crippen molar-refractivity contribution >= 4 is 33.2 Å². The first-order valence-electron chi connectivity index (χ1n) is 8.55. The van der Waals surface area contributed by atoms with Gasteiger partial charge in [-0.2, -0.15) is 13.2 Å². The Morgan fingerprint density at radius 2 is 1.82 bits per heavy atom. The Labute approximate surface area is 168 Å². The summed E-state index contributed by atoms with van der Waals surface area (Å²) in [6, 6.07) is 10.2. The molecule has 0 spiro atoms. The van der Waals surface area contributed by atoms with Gasteiger partial charge in [-0.05, 0) is 42.5 Å². The van der Waals surface area contributed by atoms with Crippen LogP contribution in [0.1, 0.15) is 5.56 Å². The van der Waals surface area contributed by atoms with Crippen LogP contribution in [-0.2, 0) is 15.7 Å². The maximum atomic E-state index is 13.1. The Morgan fingerprint density at radius 1 is 1.14 bits per heavy atom. The van der Waals surface area contributed by atoms with Crippen LogP contribution in [0.4, 0.5) is 24.5 Å². The van der Waals surface area contributed by atoms with Gasteiger partial charge >= 0.3 is 6.18 Å². The molecule has 2 aromatic carbocycles. The average Bonchev–Trinajstić information content (AvgIpc) is 2.67. The molecule has 3 rings (SSSR count). The molecule has 0 unspecified atom stereocenters. The fourth-order valence-corrected chi connectivity index (χ4v) is 3.02. The first kappa shape index (κ1) is 20.5. The molecule has 2 aromatic rings. The van der Waals surface area contributed by atoms with E-state index in [-0.39, 0.29) is 12.3 Å². The van der Waals surface area contributed by atoms with Gasteiger partial charge in [-0.1, -0.05) is 15.9 Å². The summed E-state index contributed by atoms with van der Waals surface area (Å²) in [4.78, 5) is 14.2. The molecule has 0 atom stereocenters. The lowest BCUT2D eigenvalue weighted by molar-refractivity contribution is -0.137. The van der Waals surface area contributed by atoms with Crippen molar-refractivity contribution in [3.63, 3.8) is 0 Å². The van der Waals surface area contributed by atoms with Crippen molar-refractivity contribution in [3.05, 3.63) is 52.5 Å². The minimum atomic E-state index is -4.50. The third-order valence-corrected chi connectivity index (χ3v) is 4.66. The van der Waals surface area contributed by atoms with E-state index in [4.69, 9.17) is 9.47 Å². The molecule has 1 aliphatic heterocycles. The molecule has 0 aromatic heterocycles. The van der Waals surface area contributed by atoms with Crippen molar-refractivity contribution in [2.75, 3.05) is 43.1 Å². The van der Waals surface area contributed by atoms with Gasteiger partial charge in [-0.15, -0.1) is 0 Å². The van der Waals surface area contributed by atoms with Gasteiger partial charge in [0, 0.05) is 17.6 Å². The summed E-state index contributed by atoms with van der Waals surface area (Å²) in [6.07, 6.45) is -4.50. The summed E-state index contributed by atoms with van der Waals surface area (Å²) in [7, 11) is 0. The van der Waals surface area contributed by atoms with Gasteiger partial charge in [0.25, 0.3) is 5.91 Å². The van der Waals surface area contributed by atoms with Crippen LogP contribution in [0, 0.1) is 0 Å². The molecule has 1 N–H and O–H groups in total. The number of benzene rings is 2. The van der Waals surface area contributed by atoms with Crippen molar-refractivity contribution in [2.24, 2.45) is 0 Å². The highest BCUT2D eigenvalue weighted by Crippen LogP contribution is 2.35. The van der Waals surface area contributed by atoms with Crippen molar-refractivity contribution in [1.29, 1.82) is 0 Å². The van der Waals surface area contributed by atoms with Crippen LogP contribution in [0.5, 0.6) is 5.75 Å². The van der Waals surface area contributed by atoms with E-state index >= 15 is 0 Å². The number of hydrogen-bond acceptors (Lipinski definition) is 4. The van der Waals surface area contributed by atoms with E-state index in [0.29, 0.717) is 37.7 Å². The maximum Gasteiger partial charge on any atom is 0.416 e. The molecular formula is C19H18BrF3N2O3. The number of carbonyl (C=O) groups is 1. The maximum absolute atomic E-state index is 13.1. The number of halogens is 4. The molecule has 28 heavy (non-hydrogen) atoms. The Kier molecular flexibility index (Phi) is 6.46. The Morgan fingerprint density at radius 3 is 2.46 bits per heavy atom. The van der Waals surface area contributed by atoms with Crippen LogP contribution in [-0.4, -0.2) is 38.8 Å². The number of nitrogens with one attached hydrogen (secondary N) is 1. The minimum Gasteiger partial charge on any atom is -0.484 e. The number of anilines is 2. The molecule has 9 heteroatoms. The highest BCUT2D eigenvalue weighted by Gasteiger charge is 2.32. The van der Waals surface area contributed by atoms with Crippen LogP contribution in [0.25, 0.3) is 0 Å². The van der Waals surface area contributed by atoms with E-state index in [1.165, 1.54) is 6.07 Å². The molecule has 0 saturated carbocycles. The fourth-order valence-electron chi connectivity index (χ4n) is 2.76. The molecule has 5 nitrogen and oxygen atoms in total. The minimum absolute atomic E-state index is 0.0983. The van der Waals surface area contributed by atoms with Gasteiger partial charge in [0.2, 0.25) is 0 Å². The number of nitrogens with zero attached hydrogens (tertiary/aromatic N) is 1. The van der Waals surface area contributed by atoms with E-state index in [1.54, 1.807) is 24.3 Å². The molecule has 1 amide bonds. The molecular weight excluding hydrogens is 441 g/mol. The Bertz CT molecular complexity index is 822. The topological polar surface area (TPSA) is 50.8 Å². The summed E-state index contributed by atoms with van der Waals surface area (Å²) in [5, 5.41) is 2.55. The third kappa shape index (κ3) is 5.39. The summed E-state index contributed by atoms with van der Waals surface area (Å²) >= 11 is 3.30. The van der Waals surface area contributed by atoms with Gasteiger partial charge in [0.15, 0.2) is 6.61 Å². The number of hydrogen-bond donors (Lipinski definition) is 1. The van der Waals surface area contributed by atoms with Crippen molar-refractivity contribution in [3.8, 4) is 5.75 Å². The number of alkyl halides is 3. The first-order valence-corrected chi connectivity index (χ1v) is 9.34. The van der Waals surface area contributed by atoms with Crippen LogP contribution < -0.4 is 15.0 Å². The molecule has 150 valence electrons. The second kappa shape index (κ2) is 8.83. The first-order chi connectivity index (χ1) is 13.3. The van der Waals surface area contributed by atoms with Crippen LogP contribution in [0.3, 0.4) is 0 Å². The highest BCUT2D eigenvalue weighted by molar-refractivity contribution is 9.10. The normalized spacial score (nSPS) is 14.6. The number of rotatable bonds is 5. The monoisotopic (exact) mass is 458 g/mol. The zero-order valence-corrected chi connectivity index (χ0v) is 16.3. The van der Waals surface area contributed by atoms with Gasteiger partial charge in [-0.3, -0.25) is 4.79 Å². The van der Waals surface area contributed by atoms with E-state index in [2.05, 4.69) is 21.2 Å². The molecule has 1 fully saturated rings.